The molecule has 1 saturated carbocycles. The summed E-state index contributed by atoms with van der Waals surface area (Å²) in [5, 5.41) is 0. The number of ether oxygens (including phenoxy) is 2. The fourth-order valence-electron chi connectivity index (χ4n) is 3.25. The summed E-state index contributed by atoms with van der Waals surface area (Å²) in [6.45, 7) is 0. The molecule has 3 heteroatoms. The van der Waals surface area contributed by atoms with Crippen LogP contribution in [-0.2, 0) is 14.3 Å². The Morgan fingerprint density at radius 3 is 2.60 bits per heavy atom. The van der Waals surface area contributed by atoms with E-state index in [9.17, 15) is 4.79 Å². The van der Waals surface area contributed by atoms with Gasteiger partial charge >= 0.3 is 5.97 Å². The SMILES string of the molecule is O=C1C[C@H]2CC(C3CCCCC3)O[C@H]2O1. The average Bonchev–Trinajstić information content (AvgIpc) is 2.76. The van der Waals surface area contributed by atoms with Crippen molar-refractivity contribution in [1.29, 1.82) is 0 Å². The van der Waals surface area contributed by atoms with Gasteiger partial charge in [-0.25, -0.2) is 0 Å². The van der Waals surface area contributed by atoms with Crippen molar-refractivity contribution in [2.45, 2.75) is 57.3 Å². The van der Waals surface area contributed by atoms with Gasteiger partial charge in [0.1, 0.15) is 0 Å². The zero-order chi connectivity index (χ0) is 10.3. The molecule has 3 rings (SSSR count). The van der Waals surface area contributed by atoms with Crippen molar-refractivity contribution in [3.05, 3.63) is 0 Å². The lowest BCUT2D eigenvalue weighted by Crippen LogP contribution is -2.24. The first kappa shape index (κ1) is 9.64. The Bertz CT molecular complexity index is 242. The molecule has 0 N–H and O–H groups in total. The van der Waals surface area contributed by atoms with Crippen LogP contribution in [0.2, 0.25) is 0 Å². The summed E-state index contributed by atoms with van der Waals surface area (Å²) in [6, 6.07) is 0. The van der Waals surface area contributed by atoms with Crippen LogP contribution < -0.4 is 0 Å². The molecule has 2 heterocycles. The number of fused-ring (bicyclic) bond motifs is 1. The first-order chi connectivity index (χ1) is 7.33. The predicted octanol–water partition coefficient (Wildman–Crippen LogP) is 2.24. The molecular weight excluding hydrogens is 192 g/mol. The van der Waals surface area contributed by atoms with E-state index < -0.39 is 0 Å². The maximum Gasteiger partial charge on any atom is 0.308 e. The smallest absolute Gasteiger partial charge is 0.308 e. The van der Waals surface area contributed by atoms with E-state index in [1.54, 1.807) is 0 Å². The highest BCUT2D eigenvalue weighted by Gasteiger charge is 2.46. The molecule has 3 nitrogen and oxygen atoms in total. The predicted molar refractivity (Wildman–Crippen MR) is 54.1 cm³/mol. The molecule has 0 bridgehead atoms. The zero-order valence-electron chi connectivity index (χ0n) is 8.98. The Kier molecular flexibility index (Phi) is 2.43. The van der Waals surface area contributed by atoms with Gasteiger partial charge in [-0.15, -0.1) is 0 Å². The molecule has 3 atom stereocenters. The molecule has 0 aromatic rings. The topological polar surface area (TPSA) is 35.5 Å². The number of carbonyl (C=O) groups is 1. The molecule has 3 fully saturated rings. The van der Waals surface area contributed by atoms with Gasteiger partial charge < -0.3 is 9.47 Å². The first-order valence-corrected chi connectivity index (χ1v) is 6.18. The first-order valence-electron chi connectivity index (χ1n) is 6.18. The second-order valence-corrected chi connectivity index (χ2v) is 5.13. The highest BCUT2D eigenvalue weighted by atomic mass is 16.7. The standard InChI is InChI=1S/C12H18O3/c13-11-7-9-6-10(14-12(9)15-11)8-4-2-1-3-5-8/h8-10,12H,1-7H2/t9-,10?,12+/m1/s1. The fraction of sp³-hybridized carbons (Fsp3) is 0.917. The molecule has 0 radical (unpaired) electrons. The Hall–Kier alpha value is -0.570. The summed E-state index contributed by atoms with van der Waals surface area (Å²) in [4.78, 5) is 11.0. The fourth-order valence-corrected chi connectivity index (χ4v) is 3.25. The monoisotopic (exact) mass is 210 g/mol. The highest BCUT2D eigenvalue weighted by Crippen LogP contribution is 2.41. The Morgan fingerprint density at radius 2 is 1.87 bits per heavy atom. The van der Waals surface area contributed by atoms with Crippen LogP contribution in [0.1, 0.15) is 44.9 Å². The third-order valence-corrected chi connectivity index (χ3v) is 4.08. The van der Waals surface area contributed by atoms with E-state index in [2.05, 4.69) is 0 Å². The molecular formula is C12H18O3. The minimum absolute atomic E-state index is 0.0768. The van der Waals surface area contributed by atoms with Crippen LogP contribution in [0.4, 0.5) is 0 Å². The molecule has 0 aromatic carbocycles. The largest absolute Gasteiger partial charge is 0.435 e. The van der Waals surface area contributed by atoms with Gasteiger partial charge in [0.2, 0.25) is 6.29 Å². The van der Waals surface area contributed by atoms with E-state index in [1.165, 1.54) is 32.1 Å². The van der Waals surface area contributed by atoms with Gasteiger partial charge in [0.15, 0.2) is 0 Å². The van der Waals surface area contributed by atoms with E-state index in [4.69, 9.17) is 9.47 Å². The van der Waals surface area contributed by atoms with Crippen molar-refractivity contribution in [1.82, 2.24) is 0 Å². The Balaban J connectivity index is 1.60. The summed E-state index contributed by atoms with van der Waals surface area (Å²) >= 11 is 0. The van der Waals surface area contributed by atoms with Crippen LogP contribution >= 0.6 is 0 Å². The van der Waals surface area contributed by atoms with Gasteiger partial charge in [-0.1, -0.05) is 19.3 Å². The maximum absolute atomic E-state index is 11.0. The second kappa shape index (κ2) is 3.78. The molecule has 15 heavy (non-hydrogen) atoms. The Labute approximate surface area is 90.1 Å². The number of hydrogen-bond acceptors (Lipinski definition) is 3. The van der Waals surface area contributed by atoms with Gasteiger partial charge in [-0.05, 0) is 25.2 Å². The van der Waals surface area contributed by atoms with Crippen LogP contribution in [0, 0.1) is 11.8 Å². The van der Waals surface area contributed by atoms with Crippen molar-refractivity contribution in [2.24, 2.45) is 11.8 Å². The second-order valence-electron chi connectivity index (χ2n) is 5.13. The molecule has 1 unspecified atom stereocenters. The third kappa shape index (κ3) is 1.78. The minimum atomic E-state index is -0.204. The van der Waals surface area contributed by atoms with E-state index in [0.717, 1.165) is 12.3 Å². The van der Waals surface area contributed by atoms with Gasteiger partial charge in [0, 0.05) is 5.92 Å². The van der Waals surface area contributed by atoms with Crippen molar-refractivity contribution in [3.8, 4) is 0 Å². The molecule has 2 saturated heterocycles. The molecule has 0 aromatic heterocycles. The van der Waals surface area contributed by atoms with E-state index in [1.807, 2.05) is 0 Å². The van der Waals surface area contributed by atoms with E-state index in [-0.39, 0.29) is 12.3 Å². The molecule has 84 valence electrons. The molecule has 3 aliphatic rings. The van der Waals surface area contributed by atoms with Crippen molar-refractivity contribution in [2.75, 3.05) is 0 Å². The summed E-state index contributed by atoms with van der Waals surface area (Å²) in [6.07, 6.45) is 8.47. The molecule has 0 amide bonds. The average molecular weight is 210 g/mol. The van der Waals surface area contributed by atoms with Gasteiger partial charge in [0.25, 0.3) is 0 Å². The molecule has 1 aliphatic carbocycles. The summed E-state index contributed by atoms with van der Waals surface area (Å²) in [5.41, 5.74) is 0. The summed E-state index contributed by atoms with van der Waals surface area (Å²) in [5.74, 6) is 1.000. The van der Waals surface area contributed by atoms with Crippen LogP contribution in [0.5, 0.6) is 0 Å². The van der Waals surface area contributed by atoms with Crippen LogP contribution in [-0.4, -0.2) is 18.4 Å². The lowest BCUT2D eigenvalue weighted by molar-refractivity contribution is -0.167. The van der Waals surface area contributed by atoms with E-state index in [0.29, 0.717) is 18.4 Å². The minimum Gasteiger partial charge on any atom is -0.435 e. The van der Waals surface area contributed by atoms with Crippen molar-refractivity contribution < 1.29 is 14.3 Å². The lowest BCUT2D eigenvalue weighted by Gasteiger charge is -2.27. The van der Waals surface area contributed by atoms with E-state index >= 15 is 0 Å². The normalized spacial score (nSPS) is 41.6. The number of esters is 1. The lowest BCUT2D eigenvalue weighted by atomic mass is 9.83. The number of carbonyl (C=O) groups excluding carboxylic acids is 1. The zero-order valence-corrected chi connectivity index (χ0v) is 8.98. The third-order valence-electron chi connectivity index (χ3n) is 4.08. The van der Waals surface area contributed by atoms with Crippen LogP contribution in [0.3, 0.4) is 0 Å². The van der Waals surface area contributed by atoms with Gasteiger partial charge in [-0.3, -0.25) is 4.79 Å². The van der Waals surface area contributed by atoms with Crippen LogP contribution in [0.15, 0.2) is 0 Å². The van der Waals surface area contributed by atoms with Crippen LogP contribution in [0.25, 0.3) is 0 Å². The number of hydrogen-bond donors (Lipinski definition) is 0. The molecule has 0 spiro atoms. The van der Waals surface area contributed by atoms with Gasteiger partial charge in [-0.2, -0.15) is 0 Å². The van der Waals surface area contributed by atoms with Gasteiger partial charge in [0.05, 0.1) is 12.5 Å². The summed E-state index contributed by atoms with van der Waals surface area (Å²) in [7, 11) is 0. The van der Waals surface area contributed by atoms with Crippen molar-refractivity contribution in [3.63, 3.8) is 0 Å². The number of rotatable bonds is 1. The van der Waals surface area contributed by atoms with Crippen molar-refractivity contribution >= 4 is 5.97 Å². The molecule has 2 aliphatic heterocycles. The highest BCUT2D eigenvalue weighted by molar-refractivity contribution is 5.72. The quantitative estimate of drug-likeness (QED) is 0.623. The summed E-state index contributed by atoms with van der Waals surface area (Å²) < 4.78 is 11.0. The Morgan fingerprint density at radius 1 is 1.07 bits per heavy atom. The maximum atomic E-state index is 11.0.